The molecule has 0 saturated carbocycles. The number of rotatable bonds is 12. The lowest BCUT2D eigenvalue weighted by Crippen LogP contribution is -2.53. The number of benzene rings is 2. The zero-order valence-corrected chi connectivity index (χ0v) is 57.6. The van der Waals surface area contributed by atoms with Crippen LogP contribution in [0.2, 0.25) is 5.15 Å². The number of nitrogens with one attached hydrogen (secondary N) is 6. The van der Waals surface area contributed by atoms with Crippen LogP contribution in [-0.4, -0.2) is 206 Å². The zero-order chi connectivity index (χ0) is 70.6. The van der Waals surface area contributed by atoms with E-state index in [1.807, 2.05) is 40.9 Å². The summed E-state index contributed by atoms with van der Waals surface area (Å²) in [6, 6.07) is 24.1. The Morgan fingerprint density at radius 1 is 0.556 bits per heavy atom. The molecule has 30 heteroatoms. The van der Waals surface area contributed by atoms with Gasteiger partial charge < -0.3 is 51.5 Å². The molecule has 0 bridgehead atoms. The van der Waals surface area contributed by atoms with Gasteiger partial charge in [-0.3, -0.25) is 48.2 Å². The number of nitrogens with zero attached hydrogens (tertiary/aromatic N) is 15. The zero-order valence-electron chi connectivity index (χ0n) is 56.9. The van der Waals surface area contributed by atoms with Crippen molar-refractivity contribution in [3.8, 4) is 6.07 Å². The first kappa shape index (κ1) is 71.9. The monoisotopic (exact) mass is 1370 g/mol. The molecule has 12 heterocycles. The van der Waals surface area contributed by atoms with Crippen LogP contribution in [0.25, 0.3) is 0 Å². The fraction of sp³-hybridized carbons (Fsp3) is 0.464. The summed E-state index contributed by atoms with van der Waals surface area (Å²) in [5, 5.41) is 25.9. The molecule has 4 fully saturated rings. The van der Waals surface area contributed by atoms with Crippen molar-refractivity contribution in [2.24, 2.45) is 23.7 Å². The molecule has 99 heavy (non-hydrogen) atoms. The number of likely N-dealkylation sites (N-methyl/N-ethyl adjacent to an activating group) is 4. The number of carbonyl (C=O) groups is 8. The number of aromatic nitrogens is 8. The van der Waals surface area contributed by atoms with Gasteiger partial charge in [0.25, 0.3) is 35.1 Å². The first-order valence-corrected chi connectivity index (χ1v) is 33.7. The molecular formula is C69H84ClN21O8. The molecule has 8 atom stereocenters. The Labute approximate surface area is 579 Å². The number of fused-ring (bicyclic) bond motifs is 4. The molecule has 2 aromatic carbocycles. The van der Waals surface area contributed by atoms with Crippen molar-refractivity contribution >= 4 is 99.2 Å². The van der Waals surface area contributed by atoms with Gasteiger partial charge in [-0.1, -0.05) is 100.0 Å². The summed E-state index contributed by atoms with van der Waals surface area (Å²) in [7, 11) is 7.73. The number of piperidine rings is 4. The van der Waals surface area contributed by atoms with Crippen molar-refractivity contribution in [3.63, 3.8) is 0 Å². The van der Waals surface area contributed by atoms with Crippen LogP contribution in [0.5, 0.6) is 0 Å². The second-order valence-corrected chi connectivity index (χ2v) is 26.5. The number of hydrogen-bond acceptors (Lipinski definition) is 24. The van der Waals surface area contributed by atoms with Gasteiger partial charge >= 0.3 is 0 Å². The lowest BCUT2D eigenvalue weighted by atomic mass is 9.91. The quantitative estimate of drug-likeness (QED) is 0.0697. The molecule has 8 aliphatic heterocycles. The van der Waals surface area contributed by atoms with E-state index in [0.29, 0.717) is 76.6 Å². The van der Waals surface area contributed by atoms with Gasteiger partial charge in [0, 0.05) is 90.6 Å². The highest BCUT2D eigenvalue weighted by atomic mass is 35.5. The molecule has 0 unspecified atom stereocenters. The van der Waals surface area contributed by atoms with E-state index in [2.05, 4.69) is 171 Å². The second-order valence-electron chi connectivity index (χ2n) is 26.1. The van der Waals surface area contributed by atoms with Crippen LogP contribution in [0.1, 0.15) is 108 Å². The first-order chi connectivity index (χ1) is 47.6. The summed E-state index contributed by atoms with van der Waals surface area (Å²) >= 11 is 5.69. The van der Waals surface area contributed by atoms with Crippen LogP contribution in [0.3, 0.4) is 0 Å². The molecule has 14 rings (SSSR count). The maximum absolute atomic E-state index is 12.3. The molecule has 29 nitrogen and oxygen atoms in total. The van der Waals surface area contributed by atoms with Crippen LogP contribution in [0, 0.1) is 35.0 Å². The number of carbonyl (C=O) groups excluding carboxylic acids is 8. The molecule has 4 saturated heterocycles. The number of nitriles is 1. The fourth-order valence-electron chi connectivity index (χ4n) is 13.7. The minimum atomic E-state index is -0.715. The van der Waals surface area contributed by atoms with Gasteiger partial charge in [-0.15, -0.1) is 0 Å². The van der Waals surface area contributed by atoms with E-state index in [1.54, 1.807) is 11.9 Å². The Balaban J connectivity index is 0.000000138. The van der Waals surface area contributed by atoms with E-state index in [-0.39, 0.29) is 71.2 Å². The third kappa shape index (κ3) is 16.8. The number of hydrogen-bond donors (Lipinski definition) is 6. The molecular weight excluding hydrogens is 1290 g/mol. The van der Waals surface area contributed by atoms with E-state index in [0.717, 1.165) is 64.4 Å². The molecule has 0 aliphatic carbocycles. The second kappa shape index (κ2) is 32.7. The van der Waals surface area contributed by atoms with E-state index in [4.69, 9.17) is 16.9 Å². The Morgan fingerprint density at radius 2 is 0.990 bits per heavy atom. The third-order valence-corrected chi connectivity index (χ3v) is 20.0. The third-order valence-electron chi connectivity index (χ3n) is 19.7. The van der Waals surface area contributed by atoms with Crippen LogP contribution in [-0.2, 0) is 43.5 Å². The summed E-state index contributed by atoms with van der Waals surface area (Å²) in [6.45, 7) is 18.0. The van der Waals surface area contributed by atoms with Crippen LogP contribution >= 0.6 is 11.6 Å². The Morgan fingerprint density at radius 3 is 1.46 bits per heavy atom. The van der Waals surface area contributed by atoms with Gasteiger partial charge in [0.05, 0.1) is 18.5 Å². The number of anilines is 7. The number of amides is 5. The summed E-state index contributed by atoms with van der Waals surface area (Å²) < 4.78 is 0. The standard InChI is InChI=1S/C20H23N5O2.C16H18N6O3.C14H22N2.C13H17N5O2.C6H4ClN3O/c1-13-8-9-25(10-14-6-4-3-5-7-14)11-15(13)24(2)19-16-17(26)20(27)23-18(16)21-12-22-19;1-9-4-6-22(11(23)3-5-17)7-10(9)21(2)15-12-13(24)16(25)20-14(12)18-8-19-15;1-12-8-9-16(11-14(12)15-2)10-13-6-4-3-5-7-13;1-7-3-4-14-5-8(7)18(2)12-9-10(19)13(20)17-11(9)15-6-16-12;7-5-3-1-4(11)10-6(3)9-2-8-5/h3-7,12-13,15H,8-11H2,1-2H3,(H,21,22,23,26,27);8-10H,3-4,6-7H2,1-2H3,(H,18,19,20,24,25);3-7,12,14-15H,8-11H2,1-2H3;6-8,14H,3-5H2,1-2H3,(H,15,16,17,19,20);2H,1H2,(H,8,9,10,11)/t13-,15+;9-,10+;12-,14+;7-,8+;/m1111./s1. The highest BCUT2D eigenvalue weighted by molar-refractivity contribution is 6.53. The number of halogens is 1. The van der Waals surface area contributed by atoms with Gasteiger partial charge in [-0.25, -0.2) is 39.9 Å². The average molecular weight is 1370 g/mol. The molecule has 8 aliphatic rings. The molecule has 4 aromatic heterocycles. The predicted molar refractivity (Wildman–Crippen MR) is 372 cm³/mol. The number of Topliss-reactive ketones (excluding diaryl/α,β-unsaturated/α-hetero) is 3. The number of ketones is 3. The predicted octanol–water partition coefficient (Wildman–Crippen LogP) is 4.94. The Hall–Kier alpha value is -9.86. The largest absolute Gasteiger partial charge is 0.354 e. The maximum atomic E-state index is 12.3. The van der Waals surface area contributed by atoms with E-state index in [9.17, 15) is 38.4 Å². The lowest BCUT2D eigenvalue weighted by molar-refractivity contribution is -0.131. The molecule has 6 N–H and O–H groups in total. The van der Waals surface area contributed by atoms with Crippen molar-refractivity contribution in [1.82, 2.24) is 65.2 Å². The van der Waals surface area contributed by atoms with Gasteiger partial charge in [-0.05, 0) is 87.2 Å². The van der Waals surface area contributed by atoms with Crippen LogP contribution in [0.15, 0.2) is 86.0 Å². The summed E-state index contributed by atoms with van der Waals surface area (Å²) in [5.41, 5.74) is 4.16. The first-order valence-electron chi connectivity index (χ1n) is 33.3. The lowest BCUT2D eigenvalue weighted by Gasteiger charge is -2.42. The van der Waals surface area contributed by atoms with Crippen molar-refractivity contribution in [1.29, 1.82) is 5.26 Å². The Bertz CT molecular complexity index is 4020. The highest BCUT2D eigenvalue weighted by Crippen LogP contribution is 2.36. The van der Waals surface area contributed by atoms with Crippen molar-refractivity contribution in [3.05, 3.63) is 125 Å². The summed E-state index contributed by atoms with van der Waals surface area (Å²) in [6.07, 6.45) is 9.78. The Kier molecular flexibility index (Phi) is 23.7. The topological polar surface area (TPSA) is 355 Å². The smallest absolute Gasteiger partial charge is 0.298 e. The minimum Gasteiger partial charge on any atom is -0.354 e. The SMILES string of the molecule is CN[C@H]1CN(Cc2ccccc2)CC[C@H]1C.C[C@@H]1CCN(C(=O)CC#N)C[C@@H]1N(C)c1ncnc2c1C(=O)C(=O)N2.C[C@@H]1CCN(Cc2ccccc2)C[C@@H]1N(C)c1ncnc2c1C(=O)C(=O)N2.C[C@@H]1CCNC[C@@H]1N(C)c1ncnc2c1C(=O)C(=O)N2.O=C1Cc2c(Cl)ncnc2N1. The fourth-order valence-corrected chi connectivity index (χ4v) is 13.9. The molecule has 520 valence electrons. The minimum absolute atomic E-state index is 0.0811. The highest BCUT2D eigenvalue weighted by Gasteiger charge is 2.41. The van der Waals surface area contributed by atoms with Crippen molar-refractivity contribution < 1.29 is 38.4 Å². The molecule has 0 spiro atoms. The van der Waals surface area contributed by atoms with Gasteiger partial charge in [0.2, 0.25) is 11.8 Å². The average Bonchev–Trinajstić information content (AvgIpc) is 1.69. The summed E-state index contributed by atoms with van der Waals surface area (Å²) in [4.78, 5) is 139. The van der Waals surface area contributed by atoms with Gasteiger partial charge in [-0.2, -0.15) is 5.26 Å². The van der Waals surface area contributed by atoms with Crippen LogP contribution < -0.4 is 46.6 Å². The van der Waals surface area contributed by atoms with Crippen molar-refractivity contribution in [2.75, 3.05) is 117 Å². The van der Waals surface area contributed by atoms with Crippen LogP contribution in [0.4, 0.5) is 40.7 Å². The molecule has 5 amide bonds. The van der Waals surface area contributed by atoms with Gasteiger partial charge in [0.1, 0.15) is 94.3 Å². The number of likely N-dealkylation sites (tertiary alicyclic amines) is 3. The van der Waals surface area contributed by atoms with E-state index < -0.39 is 35.1 Å². The normalized spacial score (nSPS) is 22.8. The van der Waals surface area contributed by atoms with Gasteiger partial charge in [0.15, 0.2) is 0 Å². The summed E-state index contributed by atoms with van der Waals surface area (Å²) in [5.74, 6) is 0.771. The maximum Gasteiger partial charge on any atom is 0.298 e. The van der Waals surface area contributed by atoms with E-state index in [1.165, 1.54) is 55.9 Å². The van der Waals surface area contributed by atoms with Crippen molar-refractivity contribution in [2.45, 2.75) is 103 Å². The molecule has 6 aromatic rings. The molecule has 0 radical (unpaired) electrons. The van der Waals surface area contributed by atoms with E-state index >= 15 is 0 Å².